The molecule has 0 bridgehead atoms. The minimum atomic E-state index is -0.370. The fourth-order valence-corrected chi connectivity index (χ4v) is 3.02. The van der Waals surface area contributed by atoms with E-state index in [1.807, 2.05) is 32.0 Å². The third kappa shape index (κ3) is 5.15. The van der Waals surface area contributed by atoms with E-state index in [2.05, 4.69) is 10.5 Å². The number of ether oxygens (including phenoxy) is 1. The highest BCUT2D eigenvalue weighted by Gasteiger charge is 2.07. The number of benzene rings is 2. The molecule has 0 aliphatic carbocycles. The maximum Gasteiger partial charge on any atom is 0.277 e. The van der Waals surface area contributed by atoms with Crippen LogP contribution < -0.4 is 10.2 Å². The largest absolute Gasteiger partial charge is 0.483 e. The molecule has 0 saturated carbocycles. The van der Waals surface area contributed by atoms with Crippen LogP contribution in [0.5, 0.6) is 5.75 Å². The summed E-state index contributed by atoms with van der Waals surface area (Å²) in [6.07, 6.45) is 1.41. The van der Waals surface area contributed by atoms with Crippen molar-refractivity contribution in [3.8, 4) is 17.1 Å². The zero-order chi connectivity index (χ0) is 20.1. The van der Waals surface area contributed by atoms with Crippen molar-refractivity contribution in [3.05, 3.63) is 75.5 Å². The lowest BCUT2D eigenvalue weighted by Gasteiger charge is -2.09. The Bertz CT molecular complexity index is 1010. The SMILES string of the molecule is Cc1cccc(OCC(=O)N/N=C/c2ccc(-c3cc(Cl)cc(Cl)c3)o2)c1C. The van der Waals surface area contributed by atoms with E-state index < -0.39 is 0 Å². The maximum absolute atomic E-state index is 11.9. The van der Waals surface area contributed by atoms with E-state index >= 15 is 0 Å². The van der Waals surface area contributed by atoms with Crippen molar-refractivity contribution in [1.29, 1.82) is 0 Å². The molecule has 1 N–H and O–H groups in total. The van der Waals surface area contributed by atoms with Crippen molar-refractivity contribution < 1.29 is 13.9 Å². The molecule has 0 aliphatic heterocycles. The first-order valence-electron chi connectivity index (χ1n) is 8.49. The summed E-state index contributed by atoms with van der Waals surface area (Å²) in [6.45, 7) is 3.80. The average Bonchev–Trinajstić information content (AvgIpc) is 3.11. The lowest BCUT2D eigenvalue weighted by atomic mass is 10.1. The van der Waals surface area contributed by atoms with Gasteiger partial charge in [-0.2, -0.15) is 5.10 Å². The molecule has 0 atom stereocenters. The summed E-state index contributed by atoms with van der Waals surface area (Å²) in [5, 5.41) is 4.92. The second-order valence-electron chi connectivity index (χ2n) is 6.14. The normalized spacial score (nSPS) is 11.0. The topological polar surface area (TPSA) is 63.8 Å². The molecule has 3 rings (SSSR count). The molecule has 3 aromatic rings. The molecule has 0 aliphatic rings. The molecule has 1 heterocycles. The van der Waals surface area contributed by atoms with Gasteiger partial charge in [0.25, 0.3) is 5.91 Å². The molecule has 0 spiro atoms. The third-order valence-electron chi connectivity index (χ3n) is 4.07. The Kier molecular flexibility index (Phi) is 6.39. The number of halogens is 2. The van der Waals surface area contributed by atoms with Gasteiger partial charge in [-0.05, 0) is 61.4 Å². The van der Waals surface area contributed by atoms with E-state index in [-0.39, 0.29) is 12.5 Å². The van der Waals surface area contributed by atoms with Gasteiger partial charge in [-0.1, -0.05) is 35.3 Å². The first kappa shape index (κ1) is 20.0. The van der Waals surface area contributed by atoms with Crippen LogP contribution in [0.1, 0.15) is 16.9 Å². The summed E-state index contributed by atoms with van der Waals surface area (Å²) < 4.78 is 11.2. The Balaban J connectivity index is 1.55. The predicted molar refractivity (Wildman–Crippen MR) is 111 cm³/mol. The smallest absolute Gasteiger partial charge is 0.277 e. The minimum Gasteiger partial charge on any atom is -0.483 e. The number of nitrogens with one attached hydrogen (secondary N) is 1. The van der Waals surface area contributed by atoms with Crippen LogP contribution in [0, 0.1) is 13.8 Å². The Morgan fingerprint density at radius 2 is 1.89 bits per heavy atom. The van der Waals surface area contributed by atoms with E-state index in [1.54, 1.807) is 30.3 Å². The van der Waals surface area contributed by atoms with Gasteiger partial charge in [-0.15, -0.1) is 0 Å². The van der Waals surface area contributed by atoms with Crippen molar-refractivity contribution in [3.63, 3.8) is 0 Å². The van der Waals surface area contributed by atoms with Crippen molar-refractivity contribution in [2.24, 2.45) is 5.10 Å². The third-order valence-corrected chi connectivity index (χ3v) is 4.51. The molecule has 7 heteroatoms. The summed E-state index contributed by atoms with van der Waals surface area (Å²) in [4.78, 5) is 11.9. The maximum atomic E-state index is 11.9. The number of hydrogen-bond donors (Lipinski definition) is 1. The Morgan fingerprint density at radius 1 is 1.14 bits per heavy atom. The standard InChI is InChI=1S/C21H18Cl2N2O3/c1-13-4-3-5-19(14(13)2)27-12-21(26)25-24-11-18-6-7-20(28-18)15-8-16(22)10-17(23)9-15/h3-11H,12H2,1-2H3,(H,25,26)/b24-11+. The van der Waals surface area contributed by atoms with Crippen LogP contribution in [0.3, 0.4) is 0 Å². The van der Waals surface area contributed by atoms with Gasteiger partial charge in [0.1, 0.15) is 17.3 Å². The van der Waals surface area contributed by atoms with Gasteiger partial charge in [0.05, 0.1) is 6.21 Å². The highest BCUT2D eigenvalue weighted by molar-refractivity contribution is 6.35. The lowest BCUT2D eigenvalue weighted by Crippen LogP contribution is -2.24. The number of carbonyl (C=O) groups is 1. The molecule has 144 valence electrons. The Hall–Kier alpha value is -2.76. The number of hydrogen-bond acceptors (Lipinski definition) is 4. The Labute approximate surface area is 172 Å². The predicted octanol–water partition coefficient (Wildman–Crippen LogP) is 5.40. The van der Waals surface area contributed by atoms with Crippen LogP contribution in [0.25, 0.3) is 11.3 Å². The van der Waals surface area contributed by atoms with Crippen molar-refractivity contribution in [2.75, 3.05) is 6.61 Å². The highest BCUT2D eigenvalue weighted by atomic mass is 35.5. The van der Waals surface area contributed by atoms with Crippen LogP contribution in [0.15, 0.2) is 58.0 Å². The molecule has 1 aromatic heterocycles. The van der Waals surface area contributed by atoms with Gasteiger partial charge >= 0.3 is 0 Å². The van der Waals surface area contributed by atoms with Gasteiger partial charge < -0.3 is 9.15 Å². The van der Waals surface area contributed by atoms with Crippen molar-refractivity contribution in [2.45, 2.75) is 13.8 Å². The van der Waals surface area contributed by atoms with Gasteiger partial charge in [-0.3, -0.25) is 4.79 Å². The second-order valence-corrected chi connectivity index (χ2v) is 7.01. The van der Waals surface area contributed by atoms with Crippen LogP contribution in [0.4, 0.5) is 0 Å². The monoisotopic (exact) mass is 416 g/mol. The van der Waals surface area contributed by atoms with Crippen molar-refractivity contribution in [1.82, 2.24) is 5.43 Å². The molecule has 28 heavy (non-hydrogen) atoms. The van der Waals surface area contributed by atoms with Crippen LogP contribution in [-0.2, 0) is 4.79 Å². The number of hydrazone groups is 1. The molecule has 1 amide bonds. The molecular formula is C21H18Cl2N2O3. The number of rotatable bonds is 6. The van der Waals surface area contributed by atoms with Crippen molar-refractivity contribution >= 4 is 35.3 Å². The van der Waals surface area contributed by atoms with E-state index in [4.69, 9.17) is 32.4 Å². The van der Waals surface area contributed by atoms with Gasteiger partial charge in [0.15, 0.2) is 6.61 Å². The van der Waals surface area contributed by atoms with Crippen LogP contribution >= 0.6 is 23.2 Å². The summed E-state index contributed by atoms with van der Waals surface area (Å²) in [7, 11) is 0. The summed E-state index contributed by atoms with van der Waals surface area (Å²) in [5.74, 6) is 1.37. The number of nitrogens with zero attached hydrogens (tertiary/aromatic N) is 1. The summed E-state index contributed by atoms with van der Waals surface area (Å²) in [5.41, 5.74) is 5.26. The molecule has 5 nitrogen and oxygen atoms in total. The van der Waals surface area contributed by atoms with Crippen LogP contribution in [0.2, 0.25) is 10.0 Å². The minimum absolute atomic E-state index is 0.133. The first-order chi connectivity index (χ1) is 13.4. The Morgan fingerprint density at radius 3 is 2.64 bits per heavy atom. The number of carbonyl (C=O) groups excluding carboxylic acids is 1. The molecule has 0 unspecified atom stereocenters. The zero-order valence-corrected chi connectivity index (χ0v) is 16.8. The number of aryl methyl sites for hydroxylation is 1. The summed E-state index contributed by atoms with van der Waals surface area (Å²) >= 11 is 12.0. The molecular weight excluding hydrogens is 399 g/mol. The lowest BCUT2D eigenvalue weighted by molar-refractivity contribution is -0.123. The van der Waals surface area contributed by atoms with E-state index in [0.717, 1.165) is 16.7 Å². The van der Waals surface area contributed by atoms with Gasteiger partial charge in [-0.25, -0.2) is 5.43 Å². The van der Waals surface area contributed by atoms with Crippen LogP contribution in [-0.4, -0.2) is 18.7 Å². The number of amides is 1. The quantitative estimate of drug-likeness (QED) is 0.432. The number of furan rings is 1. The van der Waals surface area contributed by atoms with E-state index in [9.17, 15) is 4.79 Å². The highest BCUT2D eigenvalue weighted by Crippen LogP contribution is 2.28. The molecule has 2 aromatic carbocycles. The second kappa shape index (κ2) is 8.95. The fourth-order valence-electron chi connectivity index (χ4n) is 2.50. The first-order valence-corrected chi connectivity index (χ1v) is 9.25. The average molecular weight is 417 g/mol. The van der Waals surface area contributed by atoms with E-state index in [0.29, 0.717) is 27.3 Å². The zero-order valence-electron chi connectivity index (χ0n) is 15.3. The van der Waals surface area contributed by atoms with E-state index in [1.165, 1.54) is 6.21 Å². The molecule has 0 saturated heterocycles. The summed E-state index contributed by atoms with van der Waals surface area (Å²) in [6, 6.07) is 14.3. The van der Waals surface area contributed by atoms with Gasteiger partial charge in [0.2, 0.25) is 0 Å². The van der Waals surface area contributed by atoms with Gasteiger partial charge in [0, 0.05) is 15.6 Å². The fraction of sp³-hybridized carbons (Fsp3) is 0.143. The molecule has 0 fully saturated rings. The molecule has 0 radical (unpaired) electrons.